The van der Waals surface area contributed by atoms with E-state index >= 15 is 0 Å². The van der Waals surface area contributed by atoms with Crippen molar-refractivity contribution >= 4 is 40.2 Å². The zero-order chi connectivity index (χ0) is 21.7. The van der Waals surface area contributed by atoms with Gasteiger partial charge in [-0.1, -0.05) is 35.9 Å². The fourth-order valence-corrected chi connectivity index (χ4v) is 4.76. The van der Waals surface area contributed by atoms with Gasteiger partial charge in [0.25, 0.3) is 0 Å². The number of ether oxygens (including phenoxy) is 1. The average molecular weight is 439 g/mol. The van der Waals surface area contributed by atoms with Gasteiger partial charge in [-0.25, -0.2) is 14.8 Å². The van der Waals surface area contributed by atoms with E-state index < -0.39 is 6.09 Å². The number of benzene rings is 1. The third kappa shape index (κ3) is 3.46. The van der Waals surface area contributed by atoms with Gasteiger partial charge >= 0.3 is 6.09 Å². The maximum atomic E-state index is 11.4. The van der Waals surface area contributed by atoms with E-state index in [1.807, 2.05) is 37.2 Å². The van der Waals surface area contributed by atoms with Gasteiger partial charge in [0.05, 0.1) is 22.9 Å². The Morgan fingerprint density at radius 2 is 2.13 bits per heavy atom. The number of nitrogens with zero attached hydrogens (tertiary/aromatic N) is 3. The minimum atomic E-state index is -0.772. The number of aromatic nitrogens is 3. The number of H-pyrrole nitrogens is 1. The number of imidazole rings is 1. The highest BCUT2D eigenvalue weighted by molar-refractivity contribution is 6.34. The van der Waals surface area contributed by atoms with E-state index in [0.717, 1.165) is 17.7 Å². The van der Waals surface area contributed by atoms with E-state index in [2.05, 4.69) is 33.5 Å². The molecule has 0 saturated heterocycles. The summed E-state index contributed by atoms with van der Waals surface area (Å²) < 4.78 is 5.43. The van der Waals surface area contributed by atoms with Crippen LogP contribution in [0.25, 0.3) is 22.6 Å². The standard InChI is InChI=1S/C22H23ClN6O2/c1-29(2)14-5-3-4-13(9-14)20-27-18-17(15(23)10-25-21(18)28-20)26-16-11-6-7-12(8-11)19(16)31-22(24)30/h3-7,9-12,16,19H,8H2,1-2H3,(H2,24,30)(H2,25,26,27,28)/t11-,12+,16+,19-/m1/s1. The Balaban J connectivity index is 1.52. The van der Waals surface area contributed by atoms with Crippen LogP contribution in [0.15, 0.2) is 42.6 Å². The molecule has 31 heavy (non-hydrogen) atoms. The summed E-state index contributed by atoms with van der Waals surface area (Å²) in [5.74, 6) is 1.08. The molecule has 9 heteroatoms. The SMILES string of the molecule is CN(C)c1cccc(-c2nc3c(N[C@@H]4[C@H](OC(N)=O)[C@H]5C=C[C@@H]4C5)c(Cl)cnc3[nH]2)c1. The molecule has 3 aromatic rings. The van der Waals surface area contributed by atoms with Crippen LogP contribution in [0.3, 0.4) is 0 Å². The molecule has 0 radical (unpaired) electrons. The number of halogens is 1. The highest BCUT2D eigenvalue weighted by Crippen LogP contribution is 2.44. The molecule has 1 fully saturated rings. The van der Waals surface area contributed by atoms with E-state index in [4.69, 9.17) is 27.1 Å². The molecule has 1 amide bonds. The largest absolute Gasteiger partial charge is 0.444 e. The summed E-state index contributed by atoms with van der Waals surface area (Å²) in [5, 5.41) is 3.94. The first kappa shape index (κ1) is 19.7. The maximum Gasteiger partial charge on any atom is 0.404 e. The minimum absolute atomic E-state index is 0.136. The molecule has 1 aromatic carbocycles. The summed E-state index contributed by atoms with van der Waals surface area (Å²) in [5.41, 5.74) is 9.27. The van der Waals surface area contributed by atoms with Crippen molar-refractivity contribution in [3.05, 3.63) is 47.6 Å². The Bertz CT molecular complexity index is 1190. The lowest BCUT2D eigenvalue weighted by atomic mass is 9.98. The van der Waals surface area contributed by atoms with Crippen molar-refractivity contribution in [2.75, 3.05) is 24.3 Å². The number of fused-ring (bicyclic) bond motifs is 3. The number of amides is 1. The molecule has 4 atom stereocenters. The predicted molar refractivity (Wildman–Crippen MR) is 121 cm³/mol. The number of nitrogens with one attached hydrogen (secondary N) is 2. The highest BCUT2D eigenvalue weighted by Gasteiger charge is 2.47. The van der Waals surface area contributed by atoms with Crippen molar-refractivity contribution < 1.29 is 9.53 Å². The Morgan fingerprint density at radius 1 is 1.32 bits per heavy atom. The summed E-state index contributed by atoms with van der Waals surface area (Å²) in [6.45, 7) is 0. The molecule has 2 aliphatic carbocycles. The van der Waals surface area contributed by atoms with Gasteiger partial charge in [-0.2, -0.15) is 0 Å². The van der Waals surface area contributed by atoms with Crippen LogP contribution in [0.4, 0.5) is 16.2 Å². The van der Waals surface area contributed by atoms with Gasteiger partial charge in [-0.15, -0.1) is 0 Å². The number of rotatable bonds is 5. The van der Waals surface area contributed by atoms with Crippen molar-refractivity contribution in [2.45, 2.75) is 18.6 Å². The molecule has 2 heterocycles. The van der Waals surface area contributed by atoms with Gasteiger partial charge < -0.3 is 25.7 Å². The Morgan fingerprint density at radius 3 is 2.90 bits per heavy atom. The summed E-state index contributed by atoms with van der Waals surface area (Å²) in [6.07, 6.45) is 5.62. The molecule has 1 saturated carbocycles. The second kappa shape index (κ2) is 7.46. The third-order valence-corrected chi connectivity index (χ3v) is 6.34. The minimum Gasteiger partial charge on any atom is -0.444 e. The van der Waals surface area contributed by atoms with Crippen molar-refractivity contribution in [3.63, 3.8) is 0 Å². The first-order valence-electron chi connectivity index (χ1n) is 10.1. The molecular weight excluding hydrogens is 416 g/mol. The molecule has 2 aromatic heterocycles. The number of primary amides is 1. The molecule has 5 rings (SSSR count). The molecule has 2 aliphatic rings. The van der Waals surface area contributed by atoms with E-state index in [-0.39, 0.29) is 24.0 Å². The number of hydrogen-bond acceptors (Lipinski definition) is 6. The molecule has 0 spiro atoms. The number of hydrogen-bond donors (Lipinski definition) is 3. The monoisotopic (exact) mass is 438 g/mol. The van der Waals surface area contributed by atoms with Crippen molar-refractivity contribution in [3.8, 4) is 11.4 Å². The maximum absolute atomic E-state index is 11.4. The van der Waals surface area contributed by atoms with Crippen molar-refractivity contribution in [2.24, 2.45) is 17.6 Å². The molecule has 0 unspecified atom stereocenters. The zero-order valence-corrected chi connectivity index (χ0v) is 17.9. The first-order chi connectivity index (χ1) is 14.9. The van der Waals surface area contributed by atoms with Crippen molar-refractivity contribution in [1.82, 2.24) is 15.0 Å². The van der Waals surface area contributed by atoms with E-state index in [1.54, 1.807) is 6.20 Å². The lowest BCUT2D eigenvalue weighted by Gasteiger charge is -2.29. The van der Waals surface area contributed by atoms with Crippen LogP contribution in [0.2, 0.25) is 5.02 Å². The van der Waals surface area contributed by atoms with Crippen LogP contribution in [0, 0.1) is 11.8 Å². The lowest BCUT2D eigenvalue weighted by molar-refractivity contribution is 0.0854. The van der Waals surface area contributed by atoms with Crippen LogP contribution < -0.4 is 16.0 Å². The van der Waals surface area contributed by atoms with Crippen LogP contribution in [-0.2, 0) is 4.74 Å². The summed E-state index contributed by atoms with van der Waals surface area (Å²) in [7, 11) is 3.99. The van der Waals surface area contributed by atoms with Crippen LogP contribution in [-0.4, -0.2) is 47.3 Å². The van der Waals surface area contributed by atoms with Gasteiger partial charge in [-0.3, -0.25) is 0 Å². The summed E-state index contributed by atoms with van der Waals surface area (Å²) >= 11 is 6.52. The van der Waals surface area contributed by atoms with Crippen molar-refractivity contribution in [1.29, 1.82) is 0 Å². The Kier molecular flexibility index (Phi) is 4.74. The number of pyridine rings is 1. The van der Waals surface area contributed by atoms with Gasteiger partial charge in [0, 0.05) is 37.2 Å². The molecule has 2 bridgehead atoms. The number of carbonyl (C=O) groups is 1. The van der Waals surface area contributed by atoms with Crippen LogP contribution in [0.1, 0.15) is 6.42 Å². The number of carbonyl (C=O) groups excluding carboxylic acids is 1. The lowest BCUT2D eigenvalue weighted by Crippen LogP contribution is -2.41. The second-order valence-corrected chi connectivity index (χ2v) is 8.64. The van der Waals surface area contributed by atoms with Gasteiger partial charge in [0.1, 0.15) is 17.4 Å². The molecule has 160 valence electrons. The fraction of sp³-hybridized carbons (Fsp3) is 0.318. The molecule has 0 aliphatic heterocycles. The highest BCUT2D eigenvalue weighted by atomic mass is 35.5. The zero-order valence-electron chi connectivity index (χ0n) is 17.2. The predicted octanol–water partition coefficient (Wildman–Crippen LogP) is 3.79. The topological polar surface area (TPSA) is 109 Å². The van der Waals surface area contributed by atoms with E-state index in [0.29, 0.717) is 27.7 Å². The summed E-state index contributed by atoms with van der Waals surface area (Å²) in [6, 6.07) is 7.95. The number of anilines is 2. The van der Waals surface area contributed by atoms with Crippen LogP contribution in [0.5, 0.6) is 0 Å². The normalized spacial score (nSPS) is 24.0. The van der Waals surface area contributed by atoms with Gasteiger partial charge in [0.15, 0.2) is 5.65 Å². The van der Waals surface area contributed by atoms with E-state index in [9.17, 15) is 4.79 Å². The smallest absolute Gasteiger partial charge is 0.404 e. The van der Waals surface area contributed by atoms with Gasteiger partial charge in [0.2, 0.25) is 0 Å². The quantitative estimate of drug-likeness (QED) is 0.523. The van der Waals surface area contributed by atoms with E-state index in [1.165, 1.54) is 0 Å². The van der Waals surface area contributed by atoms with Gasteiger partial charge in [-0.05, 0) is 18.6 Å². The molecule has 4 N–H and O–H groups in total. The first-order valence-corrected chi connectivity index (χ1v) is 10.5. The fourth-order valence-electron chi connectivity index (χ4n) is 4.56. The molecular formula is C22H23ClN6O2. The Labute approximate surface area is 184 Å². The molecule has 8 nitrogen and oxygen atoms in total. The number of aromatic amines is 1. The second-order valence-electron chi connectivity index (χ2n) is 8.23. The Hall–Kier alpha value is -3.26. The average Bonchev–Trinajstić information content (AvgIpc) is 3.45. The van der Waals surface area contributed by atoms with Crippen LogP contribution >= 0.6 is 11.6 Å². The summed E-state index contributed by atoms with van der Waals surface area (Å²) in [4.78, 5) is 26.0. The number of nitrogens with two attached hydrogens (primary N) is 1. The third-order valence-electron chi connectivity index (χ3n) is 6.05.